The van der Waals surface area contributed by atoms with Gasteiger partial charge in [-0.3, -0.25) is 14.5 Å². The van der Waals surface area contributed by atoms with E-state index in [9.17, 15) is 9.59 Å². The van der Waals surface area contributed by atoms with E-state index in [4.69, 9.17) is 4.74 Å². The van der Waals surface area contributed by atoms with Crippen LogP contribution in [0.4, 0.5) is 5.69 Å². The highest BCUT2D eigenvalue weighted by Crippen LogP contribution is 2.40. The van der Waals surface area contributed by atoms with Gasteiger partial charge in [0.25, 0.3) is 0 Å². The molecule has 0 bridgehead atoms. The number of carbonyl (C=O) groups is 2. The van der Waals surface area contributed by atoms with Crippen LogP contribution in [0.3, 0.4) is 0 Å². The first-order valence-electron chi connectivity index (χ1n) is 9.41. The van der Waals surface area contributed by atoms with E-state index in [1.165, 1.54) is 25.5 Å². The lowest BCUT2D eigenvalue weighted by atomic mass is 9.85. The molecule has 1 saturated heterocycles. The molecule has 0 N–H and O–H groups in total. The Bertz CT molecular complexity index is 675. The van der Waals surface area contributed by atoms with Crippen LogP contribution in [0.25, 0.3) is 0 Å². The molecule has 1 aliphatic carbocycles. The second-order valence-corrected chi connectivity index (χ2v) is 7.48. The maximum Gasteiger partial charge on any atom is 0.323 e. The lowest BCUT2D eigenvalue weighted by Gasteiger charge is -2.33. The fraction of sp³-hybridized carbons (Fsp3) is 0.600. The Hall–Kier alpha value is -1.88. The van der Waals surface area contributed by atoms with Gasteiger partial charge in [-0.2, -0.15) is 0 Å². The minimum absolute atomic E-state index is 0.102. The summed E-state index contributed by atoms with van der Waals surface area (Å²) in [4.78, 5) is 29.3. The van der Waals surface area contributed by atoms with E-state index in [2.05, 4.69) is 11.0 Å². The number of anilines is 1. The molecule has 3 aliphatic rings. The van der Waals surface area contributed by atoms with Crippen LogP contribution in [0.1, 0.15) is 37.7 Å². The first kappa shape index (κ1) is 16.6. The zero-order chi connectivity index (χ0) is 17.4. The number of nitrogens with zero attached hydrogens (tertiary/aromatic N) is 2. The summed E-state index contributed by atoms with van der Waals surface area (Å²) in [6, 6.07) is 8.19. The summed E-state index contributed by atoms with van der Waals surface area (Å²) in [6.45, 7) is 1.05. The zero-order valence-corrected chi connectivity index (χ0v) is 14.8. The van der Waals surface area contributed by atoms with Gasteiger partial charge in [0.1, 0.15) is 6.04 Å². The van der Waals surface area contributed by atoms with Crippen molar-refractivity contribution in [2.45, 2.75) is 50.6 Å². The molecule has 1 aromatic carbocycles. The third-order valence-corrected chi connectivity index (χ3v) is 6.20. The monoisotopic (exact) mass is 342 g/mol. The van der Waals surface area contributed by atoms with Gasteiger partial charge in [-0.05, 0) is 43.2 Å². The highest BCUT2D eigenvalue weighted by Gasteiger charge is 2.46. The van der Waals surface area contributed by atoms with E-state index < -0.39 is 0 Å². The third kappa shape index (κ3) is 2.95. The molecule has 0 unspecified atom stereocenters. The van der Waals surface area contributed by atoms with Crippen LogP contribution in [-0.4, -0.2) is 49.1 Å². The van der Waals surface area contributed by atoms with Gasteiger partial charge in [-0.25, -0.2) is 0 Å². The Morgan fingerprint density at radius 1 is 1.20 bits per heavy atom. The van der Waals surface area contributed by atoms with Crippen LogP contribution < -0.4 is 4.90 Å². The van der Waals surface area contributed by atoms with Gasteiger partial charge in [-0.1, -0.05) is 31.0 Å². The molecular formula is C20H26N2O3. The summed E-state index contributed by atoms with van der Waals surface area (Å²) < 4.78 is 5.03. The molecule has 5 nitrogen and oxygen atoms in total. The maximum atomic E-state index is 13.0. The second kappa shape index (κ2) is 6.79. The van der Waals surface area contributed by atoms with Gasteiger partial charge < -0.3 is 9.64 Å². The lowest BCUT2D eigenvalue weighted by molar-refractivity contribution is -0.146. The number of esters is 1. The predicted molar refractivity (Wildman–Crippen MR) is 95.4 cm³/mol. The van der Waals surface area contributed by atoms with E-state index in [0.29, 0.717) is 18.5 Å². The molecular weight excluding hydrogens is 316 g/mol. The summed E-state index contributed by atoms with van der Waals surface area (Å²) in [5, 5.41) is 0. The number of ether oxygens (including phenoxy) is 1. The first-order valence-corrected chi connectivity index (χ1v) is 9.41. The Morgan fingerprint density at radius 3 is 2.84 bits per heavy atom. The van der Waals surface area contributed by atoms with E-state index in [1.807, 2.05) is 23.1 Å². The van der Waals surface area contributed by atoms with E-state index >= 15 is 0 Å². The molecule has 3 atom stereocenters. The number of methoxy groups -OCH3 is 1. The van der Waals surface area contributed by atoms with Crippen molar-refractivity contribution in [3.63, 3.8) is 0 Å². The molecule has 0 aromatic heterocycles. The van der Waals surface area contributed by atoms with Gasteiger partial charge in [0.15, 0.2) is 0 Å². The number of carbonyl (C=O) groups excluding carboxylic acids is 2. The van der Waals surface area contributed by atoms with Crippen LogP contribution >= 0.6 is 0 Å². The quantitative estimate of drug-likeness (QED) is 0.792. The number of hydrogen-bond donors (Lipinski definition) is 0. The Kier molecular flexibility index (Phi) is 4.50. The summed E-state index contributed by atoms with van der Waals surface area (Å²) in [5.41, 5.74) is 2.26. The van der Waals surface area contributed by atoms with Crippen LogP contribution in [0.2, 0.25) is 0 Å². The van der Waals surface area contributed by atoms with Crippen molar-refractivity contribution in [1.29, 1.82) is 0 Å². The minimum Gasteiger partial charge on any atom is -0.468 e. The topological polar surface area (TPSA) is 49.9 Å². The SMILES string of the molecule is COC(=O)[C@@H]1C[C@@H]2CCCC[C@@H]2N1CC(=O)N1CCc2ccccc21. The summed E-state index contributed by atoms with van der Waals surface area (Å²) in [7, 11) is 1.45. The first-order chi connectivity index (χ1) is 12.2. The standard InChI is InChI=1S/C20H26N2O3/c1-25-20(24)18-12-15-7-3-5-9-17(15)22(18)13-19(23)21-11-10-14-6-2-4-8-16(14)21/h2,4,6,8,15,17-18H,3,5,7,9-13H2,1H3/t15-,17-,18-/m0/s1. The Labute approximate surface area is 148 Å². The maximum absolute atomic E-state index is 13.0. The predicted octanol–water partition coefficient (Wildman–Crippen LogP) is 2.38. The van der Waals surface area contributed by atoms with E-state index in [-0.39, 0.29) is 17.9 Å². The van der Waals surface area contributed by atoms with Gasteiger partial charge in [0.2, 0.25) is 5.91 Å². The molecule has 5 heteroatoms. The van der Waals surface area contributed by atoms with Gasteiger partial charge in [0, 0.05) is 18.3 Å². The van der Waals surface area contributed by atoms with Crippen LogP contribution in [0.5, 0.6) is 0 Å². The molecule has 1 amide bonds. The summed E-state index contributed by atoms with van der Waals surface area (Å²) in [5.74, 6) is 0.436. The van der Waals surface area contributed by atoms with Crippen molar-refractivity contribution < 1.29 is 14.3 Å². The van der Waals surface area contributed by atoms with Crippen LogP contribution in [0.15, 0.2) is 24.3 Å². The lowest BCUT2D eigenvalue weighted by Crippen LogP contribution is -2.48. The molecule has 2 aliphatic heterocycles. The number of rotatable bonds is 3. The minimum atomic E-state index is -0.264. The molecule has 25 heavy (non-hydrogen) atoms. The smallest absolute Gasteiger partial charge is 0.323 e. The van der Waals surface area contributed by atoms with Gasteiger partial charge in [0.05, 0.1) is 13.7 Å². The van der Waals surface area contributed by atoms with Crippen LogP contribution in [0, 0.1) is 5.92 Å². The largest absolute Gasteiger partial charge is 0.468 e. The Morgan fingerprint density at radius 2 is 2.00 bits per heavy atom. The van der Waals surface area contributed by atoms with Gasteiger partial charge in [-0.15, -0.1) is 0 Å². The molecule has 1 saturated carbocycles. The van der Waals surface area contributed by atoms with Crippen molar-refractivity contribution >= 4 is 17.6 Å². The molecule has 1 aromatic rings. The number of benzene rings is 1. The number of para-hydroxylation sites is 1. The van der Waals surface area contributed by atoms with Crippen molar-refractivity contribution in [2.24, 2.45) is 5.92 Å². The third-order valence-electron chi connectivity index (χ3n) is 6.20. The highest BCUT2D eigenvalue weighted by molar-refractivity contribution is 5.97. The molecule has 4 rings (SSSR count). The van der Waals surface area contributed by atoms with Crippen molar-refractivity contribution in [3.05, 3.63) is 29.8 Å². The number of fused-ring (bicyclic) bond motifs is 2. The van der Waals surface area contributed by atoms with Gasteiger partial charge >= 0.3 is 5.97 Å². The zero-order valence-electron chi connectivity index (χ0n) is 14.8. The fourth-order valence-electron chi connectivity index (χ4n) is 4.99. The molecule has 134 valence electrons. The molecule has 0 spiro atoms. The Balaban J connectivity index is 1.53. The van der Waals surface area contributed by atoms with Crippen molar-refractivity contribution in [2.75, 3.05) is 25.1 Å². The summed E-state index contributed by atoms with van der Waals surface area (Å²) >= 11 is 0. The highest BCUT2D eigenvalue weighted by atomic mass is 16.5. The fourth-order valence-corrected chi connectivity index (χ4v) is 4.99. The molecule has 2 fully saturated rings. The second-order valence-electron chi connectivity index (χ2n) is 7.48. The van der Waals surface area contributed by atoms with E-state index in [1.54, 1.807) is 0 Å². The number of amides is 1. The number of likely N-dealkylation sites (tertiary alicyclic amines) is 1. The van der Waals surface area contributed by atoms with Crippen molar-refractivity contribution in [3.8, 4) is 0 Å². The summed E-state index contributed by atoms with van der Waals surface area (Å²) in [6.07, 6.45) is 6.41. The van der Waals surface area contributed by atoms with E-state index in [0.717, 1.165) is 37.9 Å². The molecule has 2 heterocycles. The van der Waals surface area contributed by atoms with Crippen molar-refractivity contribution in [1.82, 2.24) is 4.90 Å². The number of hydrogen-bond acceptors (Lipinski definition) is 4. The molecule has 0 radical (unpaired) electrons. The average Bonchev–Trinajstić information content (AvgIpc) is 3.23. The average molecular weight is 342 g/mol. The normalized spacial score (nSPS) is 28.5. The van der Waals surface area contributed by atoms with Crippen LogP contribution in [-0.2, 0) is 20.7 Å².